The SMILES string of the molecule is CS(=O)(=O)Cc1ccc(NC(=O)C2CC3CCCC(C2)C3N)cc1.Cl. The first-order valence-electron chi connectivity index (χ1n) is 8.65. The Morgan fingerprint density at radius 2 is 1.72 bits per heavy atom. The van der Waals surface area contributed by atoms with Crippen LogP contribution in [0.15, 0.2) is 24.3 Å². The van der Waals surface area contributed by atoms with Crippen molar-refractivity contribution < 1.29 is 13.2 Å². The monoisotopic (exact) mass is 386 g/mol. The average Bonchev–Trinajstić information content (AvgIpc) is 2.47. The van der Waals surface area contributed by atoms with E-state index in [1.165, 1.54) is 12.7 Å². The molecule has 5 nitrogen and oxygen atoms in total. The van der Waals surface area contributed by atoms with Crippen LogP contribution in [0.25, 0.3) is 0 Å². The van der Waals surface area contributed by atoms with Crippen LogP contribution in [0, 0.1) is 17.8 Å². The van der Waals surface area contributed by atoms with Gasteiger partial charge in [-0.15, -0.1) is 12.4 Å². The lowest BCUT2D eigenvalue weighted by Gasteiger charge is -2.43. The third-order valence-electron chi connectivity index (χ3n) is 5.43. The summed E-state index contributed by atoms with van der Waals surface area (Å²) in [4.78, 5) is 12.6. The van der Waals surface area contributed by atoms with Crippen LogP contribution in [0.1, 0.15) is 37.7 Å². The van der Waals surface area contributed by atoms with Crippen LogP contribution in [-0.4, -0.2) is 26.6 Å². The van der Waals surface area contributed by atoms with Crippen LogP contribution in [-0.2, 0) is 20.4 Å². The van der Waals surface area contributed by atoms with Crippen molar-refractivity contribution in [3.63, 3.8) is 0 Å². The van der Waals surface area contributed by atoms with Crippen LogP contribution in [0.5, 0.6) is 0 Å². The van der Waals surface area contributed by atoms with Crippen LogP contribution < -0.4 is 11.1 Å². The van der Waals surface area contributed by atoms with Gasteiger partial charge in [0.1, 0.15) is 0 Å². The molecule has 2 atom stereocenters. The van der Waals surface area contributed by atoms with E-state index in [4.69, 9.17) is 5.73 Å². The number of fused-ring (bicyclic) bond motifs is 2. The van der Waals surface area contributed by atoms with Gasteiger partial charge >= 0.3 is 0 Å². The van der Waals surface area contributed by atoms with E-state index in [0.29, 0.717) is 11.8 Å². The Morgan fingerprint density at radius 1 is 1.16 bits per heavy atom. The summed E-state index contributed by atoms with van der Waals surface area (Å²) in [5.41, 5.74) is 7.74. The number of halogens is 1. The molecule has 2 bridgehead atoms. The predicted molar refractivity (Wildman–Crippen MR) is 102 cm³/mol. The smallest absolute Gasteiger partial charge is 0.227 e. The first-order valence-corrected chi connectivity index (χ1v) is 10.7. The fraction of sp³-hybridized carbons (Fsp3) is 0.611. The Bertz CT molecular complexity index is 692. The Kier molecular flexibility index (Phi) is 6.51. The third-order valence-corrected chi connectivity index (χ3v) is 6.29. The molecular weight excluding hydrogens is 360 g/mol. The molecule has 2 aliphatic carbocycles. The number of anilines is 1. The number of nitrogens with one attached hydrogen (secondary N) is 1. The van der Waals surface area contributed by atoms with Crippen molar-refractivity contribution in [3.8, 4) is 0 Å². The number of hydrogen-bond acceptors (Lipinski definition) is 4. The minimum absolute atomic E-state index is 0. The zero-order chi connectivity index (χ0) is 17.3. The normalized spacial score (nSPS) is 28.7. The summed E-state index contributed by atoms with van der Waals surface area (Å²) in [6.07, 6.45) is 6.50. The van der Waals surface area contributed by atoms with Gasteiger partial charge in [-0.2, -0.15) is 0 Å². The van der Waals surface area contributed by atoms with Gasteiger partial charge < -0.3 is 11.1 Å². The summed E-state index contributed by atoms with van der Waals surface area (Å²) in [6.45, 7) is 0. The van der Waals surface area contributed by atoms with Crippen LogP contribution in [0.3, 0.4) is 0 Å². The second-order valence-electron chi connectivity index (χ2n) is 7.45. The van der Waals surface area contributed by atoms with Gasteiger partial charge in [-0.3, -0.25) is 4.79 Å². The first-order chi connectivity index (χ1) is 11.3. The quantitative estimate of drug-likeness (QED) is 0.832. The Labute approximate surface area is 156 Å². The molecular formula is C18H27ClN2O3S. The topological polar surface area (TPSA) is 89.3 Å². The molecule has 0 saturated heterocycles. The van der Waals surface area contributed by atoms with Crippen LogP contribution in [0.2, 0.25) is 0 Å². The minimum Gasteiger partial charge on any atom is -0.327 e. The maximum atomic E-state index is 12.6. The number of sulfone groups is 1. The molecule has 0 heterocycles. The molecule has 3 N–H and O–H groups in total. The zero-order valence-corrected chi connectivity index (χ0v) is 16.1. The first kappa shape index (κ1) is 20.2. The van der Waals surface area contributed by atoms with Gasteiger partial charge in [-0.1, -0.05) is 18.6 Å². The van der Waals surface area contributed by atoms with E-state index in [9.17, 15) is 13.2 Å². The summed E-state index contributed by atoms with van der Waals surface area (Å²) in [7, 11) is -3.04. The van der Waals surface area contributed by atoms with Crippen LogP contribution in [0.4, 0.5) is 5.69 Å². The number of hydrogen-bond donors (Lipinski definition) is 2. The maximum Gasteiger partial charge on any atom is 0.227 e. The van der Waals surface area contributed by atoms with E-state index >= 15 is 0 Å². The zero-order valence-electron chi connectivity index (χ0n) is 14.5. The molecule has 0 aliphatic heterocycles. The lowest BCUT2D eigenvalue weighted by Crippen LogP contribution is -2.48. The second kappa shape index (κ2) is 8.06. The van der Waals surface area contributed by atoms with Crippen molar-refractivity contribution in [1.29, 1.82) is 0 Å². The molecule has 0 radical (unpaired) electrons. The number of carbonyl (C=O) groups excluding carboxylic acids is 1. The summed E-state index contributed by atoms with van der Waals surface area (Å²) in [5.74, 6) is 1.08. The average molecular weight is 387 g/mol. The molecule has 2 unspecified atom stereocenters. The van der Waals surface area contributed by atoms with Gasteiger partial charge in [-0.05, 0) is 55.2 Å². The molecule has 1 aromatic carbocycles. The van der Waals surface area contributed by atoms with Gasteiger partial charge in [0.15, 0.2) is 9.84 Å². The second-order valence-corrected chi connectivity index (χ2v) is 9.59. The molecule has 7 heteroatoms. The molecule has 2 fully saturated rings. The van der Waals surface area contributed by atoms with E-state index < -0.39 is 9.84 Å². The lowest BCUT2D eigenvalue weighted by atomic mass is 9.65. The van der Waals surface area contributed by atoms with Crippen molar-refractivity contribution in [1.82, 2.24) is 0 Å². The summed E-state index contributed by atoms with van der Waals surface area (Å²) in [6, 6.07) is 7.31. The van der Waals surface area contributed by atoms with Crippen molar-refractivity contribution >= 4 is 33.8 Å². The molecule has 0 spiro atoms. The summed E-state index contributed by atoms with van der Waals surface area (Å²) >= 11 is 0. The Balaban J connectivity index is 0.00000225. The number of rotatable bonds is 4. The largest absolute Gasteiger partial charge is 0.327 e. The van der Waals surface area contributed by atoms with Gasteiger partial charge in [-0.25, -0.2) is 8.42 Å². The van der Waals surface area contributed by atoms with E-state index in [-0.39, 0.29) is 36.0 Å². The highest BCUT2D eigenvalue weighted by atomic mass is 35.5. The van der Waals surface area contributed by atoms with E-state index in [1.807, 2.05) is 0 Å². The molecule has 3 rings (SSSR count). The fourth-order valence-corrected chi connectivity index (χ4v) is 5.03. The van der Waals surface area contributed by atoms with Crippen molar-refractivity contribution in [2.75, 3.05) is 11.6 Å². The van der Waals surface area contributed by atoms with E-state index in [0.717, 1.165) is 36.9 Å². The fourth-order valence-electron chi connectivity index (χ4n) is 4.23. The molecule has 1 amide bonds. The number of benzene rings is 1. The summed E-state index contributed by atoms with van der Waals surface area (Å²) < 4.78 is 22.6. The van der Waals surface area contributed by atoms with E-state index in [2.05, 4.69) is 5.32 Å². The highest BCUT2D eigenvalue weighted by Crippen LogP contribution is 2.42. The molecule has 140 valence electrons. The van der Waals surface area contributed by atoms with Crippen molar-refractivity contribution in [3.05, 3.63) is 29.8 Å². The highest BCUT2D eigenvalue weighted by Gasteiger charge is 2.40. The Hall–Kier alpha value is -1.11. The van der Waals surface area contributed by atoms with Crippen molar-refractivity contribution in [2.45, 2.75) is 43.9 Å². The lowest BCUT2D eigenvalue weighted by molar-refractivity contribution is -0.122. The molecule has 1 aromatic rings. The van der Waals surface area contributed by atoms with Gasteiger partial charge in [0.2, 0.25) is 5.91 Å². The van der Waals surface area contributed by atoms with Gasteiger partial charge in [0.05, 0.1) is 5.75 Å². The van der Waals surface area contributed by atoms with Gasteiger partial charge in [0, 0.05) is 23.9 Å². The van der Waals surface area contributed by atoms with Gasteiger partial charge in [0.25, 0.3) is 0 Å². The number of carbonyl (C=O) groups is 1. The maximum absolute atomic E-state index is 12.6. The number of amides is 1. The van der Waals surface area contributed by atoms with E-state index in [1.54, 1.807) is 24.3 Å². The molecule has 2 aliphatic rings. The number of nitrogens with two attached hydrogens (primary N) is 1. The standard InChI is InChI=1S/C18H26N2O3S.ClH/c1-24(22,23)11-12-5-7-16(8-6-12)20-18(21)15-9-13-3-2-4-14(10-15)17(13)19;/h5-8,13-15,17H,2-4,9-11,19H2,1H3,(H,20,21);1H. The Morgan fingerprint density at radius 3 is 2.24 bits per heavy atom. The molecule has 2 saturated carbocycles. The molecule has 0 aromatic heterocycles. The van der Waals surface area contributed by atoms with Crippen LogP contribution >= 0.6 is 12.4 Å². The minimum atomic E-state index is -3.04. The van der Waals surface area contributed by atoms with Crippen molar-refractivity contribution in [2.24, 2.45) is 23.5 Å². The third kappa shape index (κ3) is 5.19. The molecule has 25 heavy (non-hydrogen) atoms. The highest BCUT2D eigenvalue weighted by molar-refractivity contribution is 7.89. The summed E-state index contributed by atoms with van der Waals surface area (Å²) in [5, 5.41) is 2.98. The predicted octanol–water partition coefficient (Wildman–Crippen LogP) is 2.75.